The highest BCUT2D eigenvalue weighted by molar-refractivity contribution is 5.89. The first-order valence-corrected chi connectivity index (χ1v) is 11.6. The lowest BCUT2D eigenvalue weighted by Gasteiger charge is -2.40. The van der Waals surface area contributed by atoms with Crippen molar-refractivity contribution in [2.24, 2.45) is 5.92 Å². The lowest BCUT2D eigenvalue weighted by molar-refractivity contribution is -0.192. The van der Waals surface area contributed by atoms with Gasteiger partial charge in [-0.1, -0.05) is 68.3 Å². The third-order valence-electron chi connectivity index (χ3n) is 6.76. The van der Waals surface area contributed by atoms with Gasteiger partial charge in [-0.15, -0.1) is 0 Å². The number of alkyl carbamates (subject to hydrolysis) is 1. The summed E-state index contributed by atoms with van der Waals surface area (Å²) < 4.78 is 5.68. The Balaban J connectivity index is 1.48. The number of likely N-dealkylation sites (N-methyl/N-ethyl adjacent to an activating group) is 1. The molecule has 2 aromatic rings. The largest absolute Gasteiger partial charge is 0.479 e. The Hall–Kier alpha value is -3.39. The second kappa shape index (κ2) is 9.85. The first kappa shape index (κ1) is 23.8. The van der Waals surface area contributed by atoms with Gasteiger partial charge >= 0.3 is 12.1 Å². The van der Waals surface area contributed by atoms with Gasteiger partial charge in [0.05, 0.1) is 0 Å². The van der Waals surface area contributed by atoms with Gasteiger partial charge in [0.2, 0.25) is 0 Å². The van der Waals surface area contributed by atoms with E-state index in [0.717, 1.165) is 40.2 Å². The monoisotopic (exact) mass is 466 g/mol. The van der Waals surface area contributed by atoms with E-state index >= 15 is 0 Å². The number of fused-ring (bicyclic) bond motifs is 3. The van der Waals surface area contributed by atoms with Crippen molar-refractivity contribution in [2.75, 3.05) is 20.3 Å². The lowest BCUT2D eigenvalue weighted by Crippen LogP contribution is -2.61. The molecule has 4 rings (SSSR count). The molecule has 1 saturated carbocycles. The molecule has 2 aliphatic carbocycles. The van der Waals surface area contributed by atoms with Crippen molar-refractivity contribution < 1.29 is 29.1 Å². The first-order valence-electron chi connectivity index (χ1n) is 11.6. The third kappa shape index (κ3) is 4.77. The number of nitrogens with zero attached hydrogens (tertiary/aromatic N) is 1. The molecule has 2 atom stereocenters. The third-order valence-corrected chi connectivity index (χ3v) is 6.76. The molecule has 2 aliphatic rings. The van der Waals surface area contributed by atoms with E-state index in [1.807, 2.05) is 43.3 Å². The van der Waals surface area contributed by atoms with Gasteiger partial charge in [0, 0.05) is 13.0 Å². The van der Waals surface area contributed by atoms with Crippen molar-refractivity contribution in [3.05, 3.63) is 59.7 Å². The maximum Gasteiger partial charge on any atom is 0.408 e. The van der Waals surface area contributed by atoms with E-state index < -0.39 is 30.1 Å². The van der Waals surface area contributed by atoms with E-state index in [1.54, 1.807) is 0 Å². The zero-order chi connectivity index (χ0) is 24.3. The molecule has 180 valence electrons. The summed E-state index contributed by atoms with van der Waals surface area (Å²) in [6.45, 7) is 1.53. The number of carboxylic acid groups (broad SMARTS) is 1. The van der Waals surface area contributed by atoms with Gasteiger partial charge in [0.15, 0.2) is 6.61 Å². The number of rotatable bonds is 7. The van der Waals surface area contributed by atoms with Gasteiger partial charge in [-0.05, 0) is 41.0 Å². The van der Waals surface area contributed by atoms with Crippen molar-refractivity contribution >= 4 is 18.0 Å². The summed E-state index contributed by atoms with van der Waals surface area (Å²) in [6, 6.07) is 16.2. The molecular formula is C26H30N2O6. The van der Waals surface area contributed by atoms with Gasteiger partial charge < -0.3 is 15.2 Å². The van der Waals surface area contributed by atoms with Crippen molar-refractivity contribution in [2.45, 2.75) is 44.1 Å². The highest BCUT2D eigenvalue weighted by atomic mass is 16.7. The van der Waals surface area contributed by atoms with Crippen LogP contribution >= 0.6 is 0 Å². The Morgan fingerprint density at radius 3 is 2.29 bits per heavy atom. The summed E-state index contributed by atoms with van der Waals surface area (Å²) in [6.07, 6.45) is 1.89. The molecule has 34 heavy (non-hydrogen) atoms. The fourth-order valence-electron chi connectivity index (χ4n) is 5.25. The van der Waals surface area contributed by atoms with Crippen molar-refractivity contribution in [3.8, 4) is 11.1 Å². The molecule has 0 spiro atoms. The highest BCUT2D eigenvalue weighted by Crippen LogP contribution is 2.44. The Labute approximate surface area is 198 Å². The van der Waals surface area contributed by atoms with Crippen LogP contribution in [0.2, 0.25) is 0 Å². The molecule has 2 unspecified atom stereocenters. The number of nitrogens with one attached hydrogen (secondary N) is 1. The molecule has 1 fully saturated rings. The topological polar surface area (TPSA) is 105 Å². The van der Waals surface area contributed by atoms with Crippen molar-refractivity contribution in [3.63, 3.8) is 0 Å². The average molecular weight is 467 g/mol. The number of carbonyl (C=O) groups excluding carboxylic acids is 2. The summed E-state index contributed by atoms with van der Waals surface area (Å²) in [5, 5.41) is 12.6. The quantitative estimate of drug-likeness (QED) is 0.599. The van der Waals surface area contributed by atoms with E-state index in [2.05, 4.69) is 17.4 Å². The minimum absolute atomic E-state index is 0.0864. The molecular weight excluding hydrogens is 436 g/mol. The van der Waals surface area contributed by atoms with Crippen LogP contribution in [-0.2, 0) is 19.2 Å². The first-order chi connectivity index (χ1) is 16.3. The number of ether oxygens (including phenoxy) is 1. The zero-order valence-electron chi connectivity index (χ0n) is 19.5. The number of aliphatic carboxylic acids is 1. The Bertz CT molecular complexity index is 1040. The lowest BCUT2D eigenvalue weighted by atomic mass is 9.75. The summed E-state index contributed by atoms with van der Waals surface area (Å²) in [4.78, 5) is 42.1. The van der Waals surface area contributed by atoms with Crippen LogP contribution in [0.25, 0.3) is 11.1 Å². The second-order valence-electron chi connectivity index (χ2n) is 9.20. The van der Waals surface area contributed by atoms with E-state index in [-0.39, 0.29) is 18.4 Å². The smallest absolute Gasteiger partial charge is 0.408 e. The summed E-state index contributed by atoms with van der Waals surface area (Å²) >= 11 is 0. The van der Waals surface area contributed by atoms with Gasteiger partial charge in [0.25, 0.3) is 5.91 Å². The van der Waals surface area contributed by atoms with Crippen LogP contribution in [0.3, 0.4) is 0 Å². The summed E-state index contributed by atoms with van der Waals surface area (Å²) in [7, 11) is 1.37. The van der Waals surface area contributed by atoms with Gasteiger partial charge in [0.1, 0.15) is 12.1 Å². The van der Waals surface area contributed by atoms with Crippen LogP contribution in [0.4, 0.5) is 4.79 Å². The molecule has 0 radical (unpaired) electrons. The number of carbonyl (C=O) groups is 3. The van der Waals surface area contributed by atoms with Crippen LogP contribution in [0.15, 0.2) is 48.5 Å². The van der Waals surface area contributed by atoms with Crippen LogP contribution in [0.1, 0.15) is 49.7 Å². The number of carboxylic acids is 1. The number of amides is 2. The van der Waals surface area contributed by atoms with E-state index in [4.69, 9.17) is 14.7 Å². The molecule has 2 amide bonds. The minimum atomic E-state index is -1.20. The molecule has 0 heterocycles. The summed E-state index contributed by atoms with van der Waals surface area (Å²) in [5.74, 6) is -1.54. The normalized spacial score (nSPS) is 21.3. The van der Waals surface area contributed by atoms with Crippen LogP contribution in [0, 0.1) is 5.92 Å². The molecule has 0 aromatic heterocycles. The molecule has 0 saturated heterocycles. The van der Waals surface area contributed by atoms with Gasteiger partial charge in [-0.3, -0.25) is 9.63 Å². The Morgan fingerprint density at radius 1 is 1.09 bits per heavy atom. The molecule has 8 heteroatoms. The van der Waals surface area contributed by atoms with Crippen LogP contribution in [0.5, 0.6) is 0 Å². The Kier molecular flexibility index (Phi) is 6.88. The second-order valence-corrected chi connectivity index (χ2v) is 9.20. The molecule has 2 N–H and O–H groups in total. The van der Waals surface area contributed by atoms with Crippen molar-refractivity contribution in [1.82, 2.24) is 10.4 Å². The molecule has 0 bridgehead atoms. The standard InChI is InChI=1S/C26H30N2O6/c1-17-8-7-13-26(14-17,24(31)28(2)34-16-23(29)30)27-25(32)33-15-22-20-11-5-3-9-18(20)19-10-4-6-12-21(19)22/h3-6,9-12,17,22H,7-8,13-16H2,1-2H3,(H,27,32)(H,29,30). The van der Waals surface area contributed by atoms with Crippen LogP contribution in [-0.4, -0.2) is 53.9 Å². The molecule has 0 aliphatic heterocycles. The maximum atomic E-state index is 13.2. The fraction of sp³-hybridized carbons (Fsp3) is 0.423. The zero-order valence-corrected chi connectivity index (χ0v) is 19.5. The summed E-state index contributed by atoms with van der Waals surface area (Å²) in [5.41, 5.74) is 3.29. The number of hydrogen-bond donors (Lipinski definition) is 2. The highest BCUT2D eigenvalue weighted by Gasteiger charge is 2.46. The maximum absolute atomic E-state index is 13.2. The number of hydrogen-bond acceptors (Lipinski definition) is 5. The fourth-order valence-corrected chi connectivity index (χ4v) is 5.25. The van der Waals surface area contributed by atoms with Crippen molar-refractivity contribution in [1.29, 1.82) is 0 Å². The van der Waals surface area contributed by atoms with Gasteiger partial charge in [-0.2, -0.15) is 0 Å². The predicted molar refractivity (Wildman–Crippen MR) is 125 cm³/mol. The molecule has 8 nitrogen and oxygen atoms in total. The minimum Gasteiger partial charge on any atom is -0.479 e. The predicted octanol–water partition coefficient (Wildman–Crippen LogP) is 3.95. The molecule has 2 aromatic carbocycles. The number of hydroxylamine groups is 2. The average Bonchev–Trinajstić information content (AvgIpc) is 3.14. The Morgan fingerprint density at radius 2 is 1.71 bits per heavy atom. The van der Waals surface area contributed by atoms with Crippen LogP contribution < -0.4 is 5.32 Å². The van der Waals surface area contributed by atoms with E-state index in [9.17, 15) is 14.4 Å². The van der Waals surface area contributed by atoms with E-state index in [1.165, 1.54) is 7.05 Å². The number of benzene rings is 2. The van der Waals surface area contributed by atoms with Gasteiger partial charge in [-0.25, -0.2) is 14.7 Å². The SMILES string of the molecule is CC1CCCC(NC(=O)OCC2c3ccccc3-c3ccccc32)(C(=O)N(C)OCC(=O)O)C1. The van der Waals surface area contributed by atoms with E-state index in [0.29, 0.717) is 12.8 Å².